The fourth-order valence-electron chi connectivity index (χ4n) is 6.45. The molecule has 0 bridgehead atoms. The van der Waals surface area contributed by atoms with E-state index < -0.39 is 137 Å². The molecule has 9 aromatic carbocycles. The van der Waals surface area contributed by atoms with Crippen molar-refractivity contribution in [3.8, 4) is 33.4 Å². The minimum atomic E-state index is -0.764. The van der Waals surface area contributed by atoms with Crippen LogP contribution in [-0.4, -0.2) is 0 Å². The van der Waals surface area contributed by atoms with E-state index in [1.54, 1.807) is 48.5 Å². The van der Waals surface area contributed by atoms with Gasteiger partial charge in [0.25, 0.3) is 0 Å². The van der Waals surface area contributed by atoms with E-state index in [4.69, 9.17) is 26.3 Å². The van der Waals surface area contributed by atoms with E-state index in [9.17, 15) is 5.48 Å². The first-order valence-electron chi connectivity index (χ1n) is 24.6. The van der Waals surface area contributed by atoms with Crippen molar-refractivity contribution in [3.63, 3.8) is 0 Å². The van der Waals surface area contributed by atoms with Crippen LogP contribution in [0, 0.1) is 0 Å². The van der Waals surface area contributed by atoms with Gasteiger partial charge in [0.1, 0.15) is 11.2 Å². The van der Waals surface area contributed by atoms with Crippen molar-refractivity contribution >= 4 is 65.0 Å². The van der Waals surface area contributed by atoms with Gasteiger partial charge in [-0.1, -0.05) is 145 Å². The summed E-state index contributed by atoms with van der Waals surface area (Å²) in [5.41, 5.74) is -1.44. The highest BCUT2D eigenvalue weighted by molar-refractivity contribution is 6.27. The van der Waals surface area contributed by atoms with Crippen molar-refractivity contribution in [2.75, 3.05) is 0 Å². The van der Waals surface area contributed by atoms with Gasteiger partial charge in [-0.2, -0.15) is 0 Å². The topological polar surface area (TPSA) is 13.1 Å². The lowest BCUT2D eigenvalue weighted by Crippen LogP contribution is -1.92. The van der Waals surface area contributed by atoms with Crippen molar-refractivity contribution in [2.45, 2.75) is 0 Å². The normalized spacial score (nSPS) is 17.8. The second kappa shape index (κ2) is 10.2. The fourth-order valence-corrected chi connectivity index (χ4v) is 6.45. The molecule has 0 radical (unpaired) electrons. The molecular weight excluding hydrogens is 569 g/mol. The van der Waals surface area contributed by atoms with E-state index >= 15 is 0 Å². The lowest BCUT2D eigenvalue weighted by Gasteiger charge is -2.19. The molecule has 0 N–H and O–H groups in total. The number of fused-ring (bicyclic) bond motifs is 8. The Morgan fingerprint density at radius 1 is 0.404 bits per heavy atom. The number of hydrogen-bond acceptors (Lipinski definition) is 1. The van der Waals surface area contributed by atoms with Crippen LogP contribution in [0.15, 0.2) is 174 Å². The van der Waals surface area contributed by atoms with Gasteiger partial charge in [0.05, 0.1) is 27.4 Å². The molecule has 0 aliphatic heterocycles. The Bertz CT molecular complexity index is 3900. The first-order valence-corrected chi connectivity index (χ1v) is 14.6. The van der Waals surface area contributed by atoms with Crippen LogP contribution in [0.4, 0.5) is 0 Å². The zero-order chi connectivity index (χ0) is 48.3. The molecule has 10 aromatic rings. The summed E-state index contributed by atoms with van der Waals surface area (Å²) in [5.74, 6) is 0. The van der Waals surface area contributed by atoms with Crippen molar-refractivity contribution in [1.29, 1.82) is 0 Å². The number of benzene rings is 9. The molecule has 47 heavy (non-hydrogen) atoms. The maximum absolute atomic E-state index is 9.94. The summed E-state index contributed by atoms with van der Waals surface area (Å²) in [7, 11) is 0. The third kappa shape index (κ3) is 3.90. The molecule has 1 heterocycles. The number of rotatable bonds is 3. The van der Waals surface area contributed by atoms with Crippen LogP contribution < -0.4 is 0 Å². The van der Waals surface area contributed by atoms with E-state index in [1.165, 1.54) is 0 Å². The van der Waals surface area contributed by atoms with E-state index in [-0.39, 0.29) is 71.1 Å². The molecule has 0 unspecified atom stereocenters. The summed E-state index contributed by atoms with van der Waals surface area (Å²) in [6.45, 7) is 0. The zero-order valence-corrected chi connectivity index (χ0v) is 24.0. The van der Waals surface area contributed by atoms with Gasteiger partial charge < -0.3 is 4.42 Å². The maximum atomic E-state index is 9.94. The van der Waals surface area contributed by atoms with Crippen LogP contribution in [0.2, 0.25) is 0 Å². The molecule has 1 heteroatoms. The summed E-state index contributed by atoms with van der Waals surface area (Å²) >= 11 is 0. The zero-order valence-electron chi connectivity index (χ0n) is 44.0. The summed E-state index contributed by atoms with van der Waals surface area (Å²) in [5, 5.41) is -0.386. The van der Waals surface area contributed by atoms with Gasteiger partial charge in [-0.05, 0) is 95.3 Å². The molecule has 0 aliphatic rings. The van der Waals surface area contributed by atoms with Crippen LogP contribution in [0.25, 0.3) is 98.4 Å². The molecule has 218 valence electrons. The lowest BCUT2D eigenvalue weighted by molar-refractivity contribution is 0.673. The molecule has 0 saturated heterocycles. The average Bonchev–Trinajstić information content (AvgIpc) is 3.71. The Balaban J connectivity index is 1.45. The molecular formula is C46H28O. The maximum Gasteiger partial charge on any atom is 0.143 e. The Morgan fingerprint density at radius 2 is 1.04 bits per heavy atom. The van der Waals surface area contributed by atoms with E-state index in [2.05, 4.69) is 0 Å². The summed E-state index contributed by atoms with van der Waals surface area (Å²) in [6, 6.07) is 0.184. The standard InChI is InChI=1S/C46H28O/c1-2-13-29(14-3-1)41-28-32(27-31-16-5-6-17-33(31)41)43-35-19-8-10-21-37(35)44(38-22-11-9-20-36(38)43)39-23-12-24-42-45(39)40-26-25-30-15-4-7-18-34(30)46(40)47-42/h1-28H/i1D,2D,3D,4D,5D,6D,7D,12D,13D,14D,15D,16D,17D,18D,23D,24D,25D,26D,27D,28D. The van der Waals surface area contributed by atoms with Crippen molar-refractivity contribution < 1.29 is 31.8 Å². The van der Waals surface area contributed by atoms with Crippen LogP contribution in [0.3, 0.4) is 0 Å². The second-order valence-corrected chi connectivity index (χ2v) is 10.9. The Kier molecular flexibility index (Phi) is 2.87. The van der Waals surface area contributed by atoms with Gasteiger partial charge in [-0.3, -0.25) is 0 Å². The third-order valence-electron chi connectivity index (χ3n) is 8.37. The van der Waals surface area contributed by atoms with Gasteiger partial charge in [0.15, 0.2) is 0 Å². The first kappa shape index (κ1) is 13.3. The van der Waals surface area contributed by atoms with Crippen molar-refractivity contribution in [1.82, 2.24) is 0 Å². The molecule has 0 spiro atoms. The number of furan rings is 1. The summed E-state index contributed by atoms with van der Waals surface area (Å²) in [6.07, 6.45) is 0. The van der Waals surface area contributed by atoms with Gasteiger partial charge in [0, 0.05) is 16.2 Å². The van der Waals surface area contributed by atoms with Crippen LogP contribution in [0.5, 0.6) is 0 Å². The lowest BCUT2D eigenvalue weighted by atomic mass is 9.83. The highest BCUT2D eigenvalue weighted by atomic mass is 16.3. The molecule has 1 nitrogen and oxygen atoms in total. The van der Waals surface area contributed by atoms with E-state index in [0.717, 1.165) is 0 Å². The van der Waals surface area contributed by atoms with Gasteiger partial charge in [-0.25, -0.2) is 0 Å². The predicted octanol–water partition coefficient (Wildman–Crippen LogP) is 13.2. The minimum absolute atomic E-state index is 0.0496. The molecule has 1 aromatic heterocycles. The molecule has 0 amide bonds. The Hall–Kier alpha value is -6.18. The van der Waals surface area contributed by atoms with Gasteiger partial charge >= 0.3 is 0 Å². The highest BCUT2D eigenvalue weighted by Crippen LogP contribution is 2.48. The Labute approximate surface area is 300 Å². The third-order valence-corrected chi connectivity index (χ3v) is 8.37. The molecule has 10 rings (SSSR count). The highest BCUT2D eigenvalue weighted by Gasteiger charge is 2.21. The smallest absolute Gasteiger partial charge is 0.143 e. The average molecular weight is 617 g/mol. The van der Waals surface area contributed by atoms with E-state index in [0.29, 0.717) is 10.8 Å². The van der Waals surface area contributed by atoms with Gasteiger partial charge in [-0.15, -0.1) is 0 Å². The van der Waals surface area contributed by atoms with Gasteiger partial charge in [0.2, 0.25) is 0 Å². The summed E-state index contributed by atoms with van der Waals surface area (Å²) in [4.78, 5) is 0. The molecule has 0 fully saturated rings. The molecule has 0 saturated carbocycles. The molecule has 0 atom stereocenters. The van der Waals surface area contributed by atoms with Crippen molar-refractivity contribution in [3.05, 3.63) is 169 Å². The Morgan fingerprint density at radius 3 is 1.79 bits per heavy atom. The van der Waals surface area contributed by atoms with Crippen molar-refractivity contribution in [2.24, 2.45) is 0 Å². The molecule has 0 aliphatic carbocycles. The largest absolute Gasteiger partial charge is 0.455 e. The monoisotopic (exact) mass is 616 g/mol. The van der Waals surface area contributed by atoms with Crippen LogP contribution >= 0.6 is 0 Å². The SMILES string of the molecule is [2H]c1c([2H])c([2H])c(-c2c([2H])c(-c3c4ccccc4c(-c4c([2H])c([2H])c([2H])c5oc6c7c([2H])c([2H])c([2H])c([2H])c7c([2H])c([2H])c6c45)c4ccccc34)c([2H])c3c([2H])c([2H])c([2H])c([2H])c23)c([2H])c1[2H]. The quantitative estimate of drug-likeness (QED) is 0.180. The minimum Gasteiger partial charge on any atom is -0.455 e. The number of hydrogen-bond donors (Lipinski definition) is 0. The summed E-state index contributed by atoms with van der Waals surface area (Å²) < 4.78 is 184. The van der Waals surface area contributed by atoms with Crippen LogP contribution in [0.1, 0.15) is 27.4 Å². The van der Waals surface area contributed by atoms with Crippen LogP contribution in [-0.2, 0) is 0 Å². The van der Waals surface area contributed by atoms with E-state index in [1.807, 2.05) is 0 Å². The fraction of sp³-hybridized carbons (Fsp3) is 0. The predicted molar refractivity (Wildman–Crippen MR) is 200 cm³/mol. The second-order valence-electron chi connectivity index (χ2n) is 10.9. The first-order chi connectivity index (χ1) is 31.7.